The molecule has 0 fully saturated rings. The van der Waals surface area contributed by atoms with Crippen LogP contribution in [0.25, 0.3) is 10.9 Å². The van der Waals surface area contributed by atoms with Crippen molar-refractivity contribution in [3.63, 3.8) is 0 Å². The van der Waals surface area contributed by atoms with Crippen LogP contribution in [0.3, 0.4) is 0 Å². The van der Waals surface area contributed by atoms with Crippen molar-refractivity contribution in [2.75, 3.05) is 0 Å². The predicted molar refractivity (Wildman–Crippen MR) is 69.7 cm³/mol. The monoisotopic (exact) mass is 299 g/mol. The number of halogens is 1. The summed E-state index contributed by atoms with van der Waals surface area (Å²) in [6.07, 6.45) is 2.23. The third-order valence-corrected chi connectivity index (χ3v) is 3.25. The molecule has 2 heteroatoms. The summed E-state index contributed by atoms with van der Waals surface area (Å²) < 4.78 is 3.66. The van der Waals surface area contributed by atoms with Crippen molar-refractivity contribution >= 4 is 33.5 Å². The maximum atomic E-state index is 2.40. The summed E-state index contributed by atoms with van der Waals surface area (Å²) in [4.78, 5) is 0. The number of benzene rings is 1. The molecule has 1 nitrogen and oxygen atoms in total. The van der Waals surface area contributed by atoms with Crippen molar-refractivity contribution in [3.05, 3.63) is 34.0 Å². The molecule has 0 aliphatic carbocycles. The van der Waals surface area contributed by atoms with E-state index in [1.165, 1.54) is 14.5 Å². The molecule has 14 heavy (non-hydrogen) atoms. The van der Waals surface area contributed by atoms with E-state index in [1.54, 1.807) is 0 Å². The summed E-state index contributed by atoms with van der Waals surface area (Å²) in [6.45, 7) is 6.69. The molecule has 2 aromatic rings. The number of nitrogens with zero attached hydrogens (tertiary/aromatic N) is 1. The Balaban J connectivity index is 2.80. The Morgan fingerprint density at radius 2 is 1.79 bits per heavy atom. The molecule has 0 atom stereocenters. The second-order valence-electron chi connectivity index (χ2n) is 4.54. The van der Waals surface area contributed by atoms with Gasteiger partial charge in [-0.2, -0.15) is 0 Å². The third kappa shape index (κ3) is 1.56. The zero-order valence-corrected chi connectivity index (χ0v) is 10.9. The topological polar surface area (TPSA) is 4.93 Å². The first-order valence-electron chi connectivity index (χ1n) is 4.76. The lowest BCUT2D eigenvalue weighted by Gasteiger charge is -2.22. The third-order valence-electron chi connectivity index (χ3n) is 2.39. The molecule has 0 aliphatic rings. The van der Waals surface area contributed by atoms with Crippen molar-refractivity contribution in [2.45, 2.75) is 26.3 Å². The summed E-state index contributed by atoms with van der Waals surface area (Å²) in [5.74, 6) is 0. The van der Waals surface area contributed by atoms with Gasteiger partial charge < -0.3 is 4.57 Å². The minimum atomic E-state index is 0.156. The molecule has 0 aliphatic heterocycles. The van der Waals surface area contributed by atoms with Gasteiger partial charge in [0.05, 0.1) is 0 Å². The van der Waals surface area contributed by atoms with Gasteiger partial charge in [0.1, 0.15) is 0 Å². The van der Waals surface area contributed by atoms with Crippen LogP contribution in [0.4, 0.5) is 0 Å². The Morgan fingerprint density at radius 3 is 2.43 bits per heavy atom. The normalized spacial score (nSPS) is 12.3. The van der Waals surface area contributed by atoms with Crippen LogP contribution in [0.2, 0.25) is 0 Å². The Labute approximate surface area is 98.3 Å². The molecule has 0 saturated heterocycles. The Bertz CT molecular complexity index is 463. The van der Waals surface area contributed by atoms with E-state index in [0.29, 0.717) is 0 Å². The number of rotatable bonds is 0. The van der Waals surface area contributed by atoms with Gasteiger partial charge in [-0.1, -0.05) is 18.2 Å². The van der Waals surface area contributed by atoms with Crippen LogP contribution in [0, 0.1) is 3.57 Å². The van der Waals surface area contributed by atoms with Crippen LogP contribution in [0.5, 0.6) is 0 Å². The fraction of sp³-hybridized carbons (Fsp3) is 0.333. The Morgan fingerprint density at radius 1 is 1.14 bits per heavy atom. The standard InChI is InChI=1S/C12H14IN/c1-12(2,3)14-8-10(13)9-6-4-5-7-11(9)14/h4-8H,1-3H3. The van der Waals surface area contributed by atoms with E-state index in [1.807, 2.05) is 0 Å². The second-order valence-corrected chi connectivity index (χ2v) is 5.70. The summed E-state index contributed by atoms with van der Waals surface area (Å²) in [6, 6.07) is 8.56. The SMILES string of the molecule is CC(C)(C)n1cc(I)c2ccccc21. The van der Waals surface area contributed by atoms with Crippen LogP contribution >= 0.6 is 22.6 Å². The lowest BCUT2D eigenvalue weighted by molar-refractivity contribution is 0.410. The molecule has 0 amide bonds. The van der Waals surface area contributed by atoms with Crippen molar-refractivity contribution in [1.29, 1.82) is 0 Å². The lowest BCUT2D eigenvalue weighted by atomic mass is 10.1. The first-order chi connectivity index (χ1) is 6.50. The molecule has 0 spiro atoms. The maximum absolute atomic E-state index is 2.40. The molecule has 1 aromatic carbocycles. The average molecular weight is 299 g/mol. The van der Waals surface area contributed by atoms with Gasteiger partial charge in [-0.3, -0.25) is 0 Å². The molecule has 0 bridgehead atoms. The quantitative estimate of drug-likeness (QED) is 0.648. The van der Waals surface area contributed by atoms with Crippen LogP contribution in [0.1, 0.15) is 20.8 Å². The summed E-state index contributed by atoms with van der Waals surface area (Å²) in [5.41, 5.74) is 1.48. The summed E-state index contributed by atoms with van der Waals surface area (Å²) >= 11 is 2.40. The number of aromatic nitrogens is 1. The number of hydrogen-bond donors (Lipinski definition) is 0. The number of fused-ring (bicyclic) bond motifs is 1. The number of hydrogen-bond acceptors (Lipinski definition) is 0. The van der Waals surface area contributed by atoms with E-state index >= 15 is 0 Å². The Hall–Kier alpha value is -0.510. The zero-order chi connectivity index (χ0) is 10.3. The molecule has 0 radical (unpaired) electrons. The molecular weight excluding hydrogens is 285 g/mol. The molecular formula is C12H14IN. The highest BCUT2D eigenvalue weighted by atomic mass is 127. The molecule has 1 heterocycles. The van der Waals surface area contributed by atoms with E-state index < -0.39 is 0 Å². The van der Waals surface area contributed by atoms with Crippen LogP contribution in [0.15, 0.2) is 30.5 Å². The van der Waals surface area contributed by atoms with Gasteiger partial charge in [-0.05, 0) is 49.4 Å². The van der Waals surface area contributed by atoms with Crippen LogP contribution < -0.4 is 0 Å². The van der Waals surface area contributed by atoms with Crippen LogP contribution in [-0.2, 0) is 5.54 Å². The van der Waals surface area contributed by atoms with Crippen LogP contribution in [-0.4, -0.2) is 4.57 Å². The smallest absolute Gasteiger partial charge is 0.0496 e. The molecule has 1 aromatic heterocycles. The molecule has 0 N–H and O–H groups in total. The van der Waals surface area contributed by atoms with Gasteiger partial charge in [-0.25, -0.2) is 0 Å². The summed E-state index contributed by atoms with van der Waals surface area (Å²) in [5, 5.41) is 1.35. The van der Waals surface area contributed by atoms with E-state index in [4.69, 9.17) is 0 Å². The highest BCUT2D eigenvalue weighted by Gasteiger charge is 2.16. The highest BCUT2D eigenvalue weighted by molar-refractivity contribution is 14.1. The maximum Gasteiger partial charge on any atom is 0.0496 e. The second kappa shape index (κ2) is 3.26. The van der Waals surface area contributed by atoms with Gasteiger partial charge >= 0.3 is 0 Å². The van der Waals surface area contributed by atoms with Gasteiger partial charge in [0.2, 0.25) is 0 Å². The molecule has 2 rings (SSSR count). The minimum absolute atomic E-state index is 0.156. The first-order valence-corrected chi connectivity index (χ1v) is 5.84. The molecule has 0 unspecified atom stereocenters. The van der Waals surface area contributed by atoms with Gasteiger partial charge in [0, 0.05) is 26.2 Å². The van der Waals surface area contributed by atoms with Crippen molar-refractivity contribution in [2.24, 2.45) is 0 Å². The van der Waals surface area contributed by atoms with E-state index in [2.05, 4.69) is 78.4 Å². The summed E-state index contributed by atoms with van der Waals surface area (Å²) in [7, 11) is 0. The van der Waals surface area contributed by atoms with E-state index in [9.17, 15) is 0 Å². The zero-order valence-electron chi connectivity index (χ0n) is 8.71. The van der Waals surface area contributed by atoms with E-state index in [-0.39, 0.29) is 5.54 Å². The predicted octanol–water partition coefficient (Wildman–Crippen LogP) is 4.00. The first kappa shape index (κ1) is 10.0. The van der Waals surface area contributed by atoms with Crippen molar-refractivity contribution in [3.8, 4) is 0 Å². The fourth-order valence-corrected chi connectivity index (χ4v) is 2.43. The minimum Gasteiger partial charge on any atom is -0.341 e. The average Bonchev–Trinajstić information content (AvgIpc) is 2.44. The molecule has 74 valence electrons. The van der Waals surface area contributed by atoms with Gasteiger partial charge in [-0.15, -0.1) is 0 Å². The number of para-hydroxylation sites is 1. The van der Waals surface area contributed by atoms with E-state index in [0.717, 1.165) is 0 Å². The molecule has 0 saturated carbocycles. The Kier molecular flexibility index (Phi) is 2.33. The van der Waals surface area contributed by atoms with Gasteiger partial charge in [0.15, 0.2) is 0 Å². The van der Waals surface area contributed by atoms with Gasteiger partial charge in [0.25, 0.3) is 0 Å². The largest absolute Gasteiger partial charge is 0.341 e. The van der Waals surface area contributed by atoms with Crippen molar-refractivity contribution < 1.29 is 0 Å². The highest BCUT2D eigenvalue weighted by Crippen LogP contribution is 2.28. The van der Waals surface area contributed by atoms with Crippen molar-refractivity contribution in [1.82, 2.24) is 4.57 Å². The lowest BCUT2D eigenvalue weighted by Crippen LogP contribution is -2.20. The fourth-order valence-electron chi connectivity index (χ4n) is 1.69.